The van der Waals surface area contributed by atoms with Crippen LogP contribution in [0.25, 0.3) is 5.57 Å². The molecule has 0 unspecified atom stereocenters. The van der Waals surface area contributed by atoms with Crippen molar-refractivity contribution in [2.75, 3.05) is 31.1 Å². The van der Waals surface area contributed by atoms with Crippen LogP contribution >= 0.6 is 0 Å². The summed E-state index contributed by atoms with van der Waals surface area (Å²) in [6.45, 7) is 4.75. The highest BCUT2D eigenvalue weighted by atomic mass is 19.1. The molecule has 7 nitrogen and oxygen atoms in total. The number of amides is 1. The van der Waals surface area contributed by atoms with Crippen molar-refractivity contribution in [3.63, 3.8) is 0 Å². The molecule has 1 fully saturated rings. The number of carbonyl (C=O) groups is 1. The Labute approximate surface area is 197 Å². The highest BCUT2D eigenvalue weighted by Crippen LogP contribution is 2.33. The molecule has 3 aliphatic heterocycles. The van der Waals surface area contributed by atoms with Crippen molar-refractivity contribution in [2.24, 2.45) is 0 Å². The van der Waals surface area contributed by atoms with E-state index in [1.807, 2.05) is 0 Å². The van der Waals surface area contributed by atoms with Crippen molar-refractivity contribution in [2.45, 2.75) is 51.7 Å². The monoisotopic (exact) mass is 470 g/mol. The highest BCUT2D eigenvalue weighted by Gasteiger charge is 2.29. The molecule has 1 aromatic heterocycles. The Balaban J connectivity index is 1.36. The van der Waals surface area contributed by atoms with Gasteiger partial charge in [0.05, 0.1) is 30.8 Å². The Kier molecular flexibility index (Phi) is 6.34. The van der Waals surface area contributed by atoms with Gasteiger partial charge in [-0.25, -0.2) is 18.7 Å². The minimum absolute atomic E-state index is 0.0398. The van der Waals surface area contributed by atoms with Crippen molar-refractivity contribution in [1.82, 2.24) is 14.9 Å². The third-order valence-corrected chi connectivity index (χ3v) is 6.60. The summed E-state index contributed by atoms with van der Waals surface area (Å²) in [5.74, 6) is -0.357. The minimum atomic E-state index is -0.686. The summed E-state index contributed by atoms with van der Waals surface area (Å²) >= 11 is 0. The van der Waals surface area contributed by atoms with Gasteiger partial charge in [0.25, 0.3) is 0 Å². The van der Waals surface area contributed by atoms with Gasteiger partial charge in [-0.1, -0.05) is 0 Å². The molecule has 5 rings (SSSR count). The summed E-state index contributed by atoms with van der Waals surface area (Å²) < 4.78 is 38.6. The van der Waals surface area contributed by atoms with Gasteiger partial charge in [0.15, 0.2) is 17.4 Å². The summed E-state index contributed by atoms with van der Waals surface area (Å²) in [7, 11) is 0. The molecule has 1 aromatic carbocycles. The molecule has 180 valence electrons. The molecule has 0 radical (unpaired) electrons. The quantitative estimate of drug-likeness (QED) is 0.676. The lowest BCUT2D eigenvalue weighted by atomic mass is 10.0. The second-order valence-corrected chi connectivity index (χ2v) is 8.98. The number of ether oxygens (including phenoxy) is 2. The molecule has 0 spiro atoms. The van der Waals surface area contributed by atoms with Crippen LogP contribution in [0.4, 0.5) is 14.6 Å². The van der Waals surface area contributed by atoms with Crippen LogP contribution in [0.3, 0.4) is 0 Å². The van der Waals surface area contributed by atoms with Gasteiger partial charge in [-0.2, -0.15) is 0 Å². The first-order valence-electron chi connectivity index (χ1n) is 11.8. The van der Waals surface area contributed by atoms with E-state index in [2.05, 4.69) is 4.90 Å². The van der Waals surface area contributed by atoms with Crippen LogP contribution < -0.4 is 9.64 Å². The third-order valence-electron chi connectivity index (χ3n) is 6.60. The molecule has 9 heteroatoms. The lowest BCUT2D eigenvalue weighted by Crippen LogP contribution is -2.40. The van der Waals surface area contributed by atoms with Gasteiger partial charge in [0.1, 0.15) is 17.6 Å². The van der Waals surface area contributed by atoms with E-state index in [1.54, 1.807) is 18.1 Å². The van der Waals surface area contributed by atoms with Gasteiger partial charge in [0, 0.05) is 57.5 Å². The van der Waals surface area contributed by atoms with Gasteiger partial charge >= 0.3 is 0 Å². The number of carbonyl (C=O) groups excluding carboxylic acids is 1. The van der Waals surface area contributed by atoms with E-state index < -0.39 is 11.6 Å². The van der Waals surface area contributed by atoms with Gasteiger partial charge in [0.2, 0.25) is 5.91 Å². The fraction of sp³-hybridized carbons (Fsp3) is 0.480. The molecule has 0 bridgehead atoms. The number of fused-ring (bicyclic) bond motifs is 1. The van der Waals surface area contributed by atoms with Crippen LogP contribution in [0, 0.1) is 11.6 Å². The first-order chi connectivity index (χ1) is 16.5. The zero-order valence-electron chi connectivity index (χ0n) is 19.2. The van der Waals surface area contributed by atoms with Crippen LogP contribution in [0.5, 0.6) is 5.75 Å². The van der Waals surface area contributed by atoms with Crippen LogP contribution in [0.1, 0.15) is 49.7 Å². The molecule has 1 amide bonds. The van der Waals surface area contributed by atoms with E-state index in [9.17, 15) is 13.6 Å². The molecule has 0 aliphatic carbocycles. The minimum Gasteiger partial charge on any atom is -0.501 e. The van der Waals surface area contributed by atoms with Crippen molar-refractivity contribution in [1.29, 1.82) is 0 Å². The summed E-state index contributed by atoms with van der Waals surface area (Å²) in [6, 6.07) is 3.38. The Hall–Kier alpha value is -3.23. The second-order valence-electron chi connectivity index (χ2n) is 8.98. The van der Waals surface area contributed by atoms with E-state index in [4.69, 9.17) is 19.4 Å². The number of hydrogen-bond acceptors (Lipinski definition) is 6. The second kappa shape index (κ2) is 9.56. The topological polar surface area (TPSA) is 67.8 Å². The molecule has 3 aliphatic rings. The Morgan fingerprint density at radius 1 is 1.12 bits per heavy atom. The van der Waals surface area contributed by atoms with Gasteiger partial charge in [-0.3, -0.25) is 4.79 Å². The average molecular weight is 471 g/mol. The molecule has 0 atom stereocenters. The number of aromatic nitrogens is 2. The summed E-state index contributed by atoms with van der Waals surface area (Å²) in [6.07, 6.45) is 5.44. The summed E-state index contributed by atoms with van der Waals surface area (Å²) in [4.78, 5) is 25.9. The summed E-state index contributed by atoms with van der Waals surface area (Å²) in [5, 5.41) is 0. The first-order valence-corrected chi connectivity index (χ1v) is 11.8. The number of benzene rings is 1. The van der Waals surface area contributed by atoms with Crippen molar-refractivity contribution in [3.8, 4) is 5.75 Å². The van der Waals surface area contributed by atoms with Crippen molar-refractivity contribution >= 4 is 17.3 Å². The van der Waals surface area contributed by atoms with Gasteiger partial charge in [-0.05, 0) is 25.0 Å². The average Bonchev–Trinajstić information content (AvgIpc) is 2.85. The third kappa shape index (κ3) is 4.69. The van der Waals surface area contributed by atoms with E-state index in [-0.39, 0.29) is 17.8 Å². The maximum Gasteiger partial charge on any atom is 0.219 e. The van der Waals surface area contributed by atoms with E-state index in [0.29, 0.717) is 52.0 Å². The fourth-order valence-electron chi connectivity index (χ4n) is 4.70. The predicted molar refractivity (Wildman–Crippen MR) is 122 cm³/mol. The maximum atomic E-state index is 14.0. The smallest absolute Gasteiger partial charge is 0.219 e. The fourth-order valence-corrected chi connectivity index (χ4v) is 4.70. The Morgan fingerprint density at radius 3 is 2.65 bits per heavy atom. The predicted octanol–water partition coefficient (Wildman–Crippen LogP) is 3.86. The molecule has 34 heavy (non-hydrogen) atoms. The number of halogens is 2. The van der Waals surface area contributed by atoms with E-state index >= 15 is 0 Å². The molecular weight excluding hydrogens is 442 g/mol. The SMILES string of the molecule is CC(=O)N1CCc2nc(N3CCC(Oc4ccc(F)cc4F)CC3)c(C3=COCCC3)nc2C1. The number of allylic oxidation sites excluding steroid dienone is 1. The normalized spacial score (nSPS) is 18.7. The summed E-state index contributed by atoms with van der Waals surface area (Å²) in [5.41, 5.74) is 3.60. The Morgan fingerprint density at radius 2 is 1.94 bits per heavy atom. The lowest BCUT2D eigenvalue weighted by molar-refractivity contribution is -0.129. The van der Waals surface area contributed by atoms with E-state index in [0.717, 1.165) is 47.4 Å². The zero-order chi connectivity index (χ0) is 23.7. The number of piperidine rings is 1. The molecule has 0 saturated carbocycles. The molecule has 1 saturated heterocycles. The highest BCUT2D eigenvalue weighted by molar-refractivity contribution is 5.74. The number of rotatable bonds is 4. The van der Waals surface area contributed by atoms with Crippen molar-refractivity contribution in [3.05, 3.63) is 53.2 Å². The maximum absolute atomic E-state index is 14.0. The van der Waals surface area contributed by atoms with E-state index in [1.165, 1.54) is 12.1 Å². The Bertz CT molecular complexity index is 1120. The standard InChI is InChI=1S/C25H28F2N4O3/c1-16(32)31-11-8-21-22(14-31)28-24(17-3-2-12-33-15-17)25(29-21)30-9-6-19(7-10-30)34-23-5-4-18(26)13-20(23)27/h4-5,13,15,19H,2-3,6-12,14H2,1H3. The van der Waals surface area contributed by atoms with Crippen LogP contribution in [-0.4, -0.2) is 53.1 Å². The lowest BCUT2D eigenvalue weighted by Gasteiger charge is -2.35. The molecule has 4 heterocycles. The first kappa shape index (κ1) is 22.6. The number of nitrogens with zero attached hydrogens (tertiary/aromatic N) is 4. The van der Waals surface area contributed by atoms with Gasteiger partial charge < -0.3 is 19.3 Å². The largest absolute Gasteiger partial charge is 0.501 e. The van der Waals surface area contributed by atoms with Crippen LogP contribution in [-0.2, 0) is 22.5 Å². The zero-order valence-corrected chi connectivity index (χ0v) is 19.2. The number of hydrogen-bond donors (Lipinski definition) is 0. The molecule has 2 aromatic rings. The van der Waals surface area contributed by atoms with Crippen LogP contribution in [0.2, 0.25) is 0 Å². The number of anilines is 1. The molecule has 0 N–H and O–H groups in total. The molecular formula is C25H28F2N4O3. The van der Waals surface area contributed by atoms with Crippen LogP contribution in [0.15, 0.2) is 24.5 Å². The van der Waals surface area contributed by atoms with Crippen molar-refractivity contribution < 1.29 is 23.0 Å². The van der Waals surface area contributed by atoms with Gasteiger partial charge in [-0.15, -0.1) is 0 Å².